The van der Waals surface area contributed by atoms with Gasteiger partial charge in [0, 0.05) is 17.7 Å². The van der Waals surface area contributed by atoms with Crippen LogP contribution in [-0.4, -0.2) is 28.5 Å². The third-order valence-electron chi connectivity index (χ3n) is 4.82. The van der Waals surface area contributed by atoms with E-state index in [0.717, 1.165) is 5.57 Å². The average Bonchev–Trinajstić information content (AvgIpc) is 3.22. The van der Waals surface area contributed by atoms with Crippen LogP contribution in [0.3, 0.4) is 0 Å². The van der Waals surface area contributed by atoms with Crippen molar-refractivity contribution in [1.82, 2.24) is 8.96 Å². The van der Waals surface area contributed by atoms with Gasteiger partial charge in [0.1, 0.15) is 5.15 Å². The minimum Gasteiger partial charge on any atom is -0.481 e. The summed E-state index contributed by atoms with van der Waals surface area (Å²) in [6.07, 6.45) is 6.24. The topological polar surface area (TPSA) is 98.5 Å². The number of hydrogen-bond donors (Lipinski definition) is 1. The number of aliphatic carboxylic acids is 1. The largest absolute Gasteiger partial charge is 0.481 e. The van der Waals surface area contributed by atoms with Crippen molar-refractivity contribution < 1.29 is 23.1 Å². The smallest absolute Gasteiger partial charge is 0.303 e. The third-order valence-corrected chi connectivity index (χ3v) is 6.99. The van der Waals surface area contributed by atoms with E-state index in [-0.39, 0.29) is 11.6 Å². The summed E-state index contributed by atoms with van der Waals surface area (Å²) in [4.78, 5) is 15.4. The Hall–Kier alpha value is -2.58. The Morgan fingerprint density at radius 1 is 1.32 bits per heavy atom. The van der Waals surface area contributed by atoms with Gasteiger partial charge in [-0.3, -0.25) is 4.79 Å². The summed E-state index contributed by atoms with van der Waals surface area (Å²) < 4.78 is 33.6. The number of pyridine rings is 1. The number of aryl methyl sites for hydroxylation is 1. The lowest BCUT2D eigenvalue weighted by Gasteiger charge is -2.14. The van der Waals surface area contributed by atoms with Gasteiger partial charge in [0.2, 0.25) is 0 Å². The lowest BCUT2D eigenvalue weighted by atomic mass is 10.1. The monoisotopic (exact) mass is 420 g/mol. The van der Waals surface area contributed by atoms with Crippen LogP contribution in [0.15, 0.2) is 52.9 Å². The van der Waals surface area contributed by atoms with Gasteiger partial charge in [-0.1, -0.05) is 11.6 Å². The van der Waals surface area contributed by atoms with E-state index in [9.17, 15) is 13.2 Å². The number of carbonyl (C=O) groups is 1. The SMILES string of the molecule is O=C(O)CCCc1cc2nc(Cl)ccc2n1S(=O)(=O)C1=C2C=COC=C2CC1. The van der Waals surface area contributed by atoms with Gasteiger partial charge < -0.3 is 9.84 Å². The number of rotatable bonds is 6. The minimum atomic E-state index is -3.87. The van der Waals surface area contributed by atoms with Gasteiger partial charge in [-0.25, -0.2) is 17.4 Å². The van der Waals surface area contributed by atoms with Crippen LogP contribution in [0.25, 0.3) is 11.0 Å². The zero-order chi connectivity index (χ0) is 19.9. The summed E-state index contributed by atoms with van der Waals surface area (Å²) >= 11 is 5.97. The van der Waals surface area contributed by atoms with Gasteiger partial charge in [0.25, 0.3) is 10.0 Å². The van der Waals surface area contributed by atoms with Crippen molar-refractivity contribution in [2.45, 2.75) is 32.1 Å². The number of ether oxygens (including phenoxy) is 1. The molecule has 2 aliphatic rings. The highest BCUT2D eigenvalue weighted by Crippen LogP contribution is 2.39. The number of fused-ring (bicyclic) bond motifs is 2. The summed E-state index contributed by atoms with van der Waals surface area (Å²) in [6, 6.07) is 4.83. The van der Waals surface area contributed by atoms with Crippen molar-refractivity contribution in [3.05, 3.63) is 63.7 Å². The molecule has 146 valence electrons. The molecule has 2 aromatic rings. The van der Waals surface area contributed by atoms with Crippen LogP contribution < -0.4 is 0 Å². The molecule has 1 aliphatic heterocycles. The molecule has 0 saturated carbocycles. The maximum Gasteiger partial charge on any atom is 0.303 e. The average molecular weight is 421 g/mol. The number of nitrogens with zero attached hydrogens (tertiary/aromatic N) is 2. The van der Waals surface area contributed by atoms with E-state index in [0.29, 0.717) is 52.9 Å². The first kappa shape index (κ1) is 18.8. The second-order valence-electron chi connectivity index (χ2n) is 6.61. The van der Waals surface area contributed by atoms with Gasteiger partial charge in [-0.05, 0) is 55.5 Å². The summed E-state index contributed by atoms with van der Waals surface area (Å²) in [5, 5.41) is 9.17. The Labute approximate surface area is 166 Å². The van der Waals surface area contributed by atoms with E-state index >= 15 is 0 Å². The van der Waals surface area contributed by atoms with Crippen molar-refractivity contribution in [1.29, 1.82) is 0 Å². The number of hydrogen-bond acceptors (Lipinski definition) is 5. The van der Waals surface area contributed by atoms with Gasteiger partial charge in [0.15, 0.2) is 0 Å². The Bertz CT molecular complexity index is 1170. The van der Waals surface area contributed by atoms with Crippen molar-refractivity contribution in [2.24, 2.45) is 0 Å². The molecule has 0 atom stereocenters. The van der Waals surface area contributed by atoms with Crippen molar-refractivity contribution in [3.8, 4) is 0 Å². The van der Waals surface area contributed by atoms with Gasteiger partial charge >= 0.3 is 5.97 Å². The lowest BCUT2D eigenvalue weighted by molar-refractivity contribution is -0.137. The van der Waals surface area contributed by atoms with Crippen LogP contribution in [-0.2, 0) is 26.0 Å². The molecule has 0 saturated heterocycles. The molecule has 7 nitrogen and oxygen atoms in total. The number of aromatic nitrogens is 2. The molecule has 4 rings (SSSR count). The standard InChI is InChI=1S/C19H17ClN2O5S/c20-18-7-5-16-15(21-18)10-13(2-1-3-19(23)24)22(16)28(25,26)17-6-4-12-11-27-9-8-14(12)17/h5,7-11H,1-4,6H2,(H,23,24). The van der Waals surface area contributed by atoms with Crippen LogP contribution in [0, 0.1) is 0 Å². The second-order valence-corrected chi connectivity index (χ2v) is 8.80. The maximum absolute atomic E-state index is 13.6. The summed E-state index contributed by atoms with van der Waals surface area (Å²) in [6.45, 7) is 0. The fourth-order valence-electron chi connectivity index (χ4n) is 3.60. The van der Waals surface area contributed by atoms with E-state index in [1.807, 2.05) is 0 Å². The number of carboxylic acids is 1. The molecule has 0 aromatic carbocycles. The number of halogens is 1. The first-order valence-corrected chi connectivity index (χ1v) is 10.6. The number of allylic oxidation sites excluding steroid dienone is 4. The first-order valence-electron chi connectivity index (χ1n) is 8.77. The highest BCUT2D eigenvalue weighted by molar-refractivity contribution is 7.94. The van der Waals surface area contributed by atoms with E-state index in [1.165, 1.54) is 10.2 Å². The molecule has 0 amide bonds. The normalized spacial score (nSPS) is 16.2. The van der Waals surface area contributed by atoms with Crippen molar-refractivity contribution >= 4 is 38.6 Å². The molecule has 3 heterocycles. The van der Waals surface area contributed by atoms with E-state index in [1.54, 1.807) is 30.5 Å². The fraction of sp³-hybridized carbons (Fsp3) is 0.263. The fourth-order valence-corrected chi connectivity index (χ4v) is 5.67. The molecule has 0 fully saturated rings. The Morgan fingerprint density at radius 2 is 2.14 bits per heavy atom. The Morgan fingerprint density at radius 3 is 2.93 bits per heavy atom. The van der Waals surface area contributed by atoms with E-state index in [2.05, 4.69) is 4.98 Å². The highest BCUT2D eigenvalue weighted by atomic mass is 35.5. The van der Waals surface area contributed by atoms with Gasteiger partial charge in [-0.2, -0.15) is 0 Å². The van der Waals surface area contributed by atoms with Gasteiger partial charge in [0.05, 0.1) is 28.5 Å². The van der Waals surface area contributed by atoms with Gasteiger partial charge in [-0.15, -0.1) is 0 Å². The molecule has 2 aromatic heterocycles. The molecule has 28 heavy (non-hydrogen) atoms. The van der Waals surface area contributed by atoms with Crippen molar-refractivity contribution in [2.75, 3.05) is 0 Å². The molecule has 1 aliphatic carbocycles. The van der Waals surface area contributed by atoms with Crippen LogP contribution in [0.5, 0.6) is 0 Å². The molecule has 0 spiro atoms. The van der Waals surface area contributed by atoms with E-state index in [4.69, 9.17) is 21.4 Å². The second kappa shape index (κ2) is 7.10. The maximum atomic E-state index is 13.6. The first-order chi connectivity index (χ1) is 13.4. The van der Waals surface area contributed by atoms with Crippen LogP contribution in [0.4, 0.5) is 0 Å². The summed E-state index contributed by atoms with van der Waals surface area (Å²) in [7, 11) is -3.87. The molecular formula is C19H17ClN2O5S. The Kier molecular flexibility index (Phi) is 4.76. The quantitative estimate of drug-likeness (QED) is 0.714. The molecule has 0 unspecified atom stereocenters. The molecule has 9 heteroatoms. The predicted molar refractivity (Wildman–Crippen MR) is 104 cm³/mol. The minimum absolute atomic E-state index is 0.0450. The number of carboxylic acid groups (broad SMARTS) is 1. The Balaban J connectivity index is 1.86. The predicted octanol–water partition coefficient (Wildman–Crippen LogP) is 3.75. The van der Waals surface area contributed by atoms with Crippen molar-refractivity contribution in [3.63, 3.8) is 0 Å². The molecule has 0 bridgehead atoms. The summed E-state index contributed by atoms with van der Waals surface area (Å²) in [5.41, 5.74) is 2.89. The molecule has 0 radical (unpaired) electrons. The lowest BCUT2D eigenvalue weighted by Crippen LogP contribution is -2.18. The zero-order valence-corrected chi connectivity index (χ0v) is 16.3. The third kappa shape index (κ3) is 3.22. The van der Waals surface area contributed by atoms with E-state index < -0.39 is 16.0 Å². The summed E-state index contributed by atoms with van der Waals surface area (Å²) in [5.74, 6) is -0.922. The molecular weight excluding hydrogens is 404 g/mol. The van der Waals surface area contributed by atoms with Crippen LogP contribution in [0.2, 0.25) is 5.15 Å². The zero-order valence-electron chi connectivity index (χ0n) is 14.8. The van der Waals surface area contributed by atoms with Crippen LogP contribution in [0.1, 0.15) is 31.4 Å². The van der Waals surface area contributed by atoms with Crippen LogP contribution >= 0.6 is 11.6 Å². The molecule has 1 N–H and O–H groups in total. The highest BCUT2D eigenvalue weighted by Gasteiger charge is 2.33.